The quantitative estimate of drug-likeness (QED) is 0.548. The van der Waals surface area contributed by atoms with Crippen LogP contribution in [0.1, 0.15) is 15.9 Å². The summed E-state index contributed by atoms with van der Waals surface area (Å²) in [6.07, 6.45) is 2.78. The predicted molar refractivity (Wildman–Crippen MR) is 81.7 cm³/mol. The molecule has 0 radical (unpaired) electrons. The van der Waals surface area contributed by atoms with Crippen LogP contribution in [0.2, 0.25) is 0 Å². The van der Waals surface area contributed by atoms with Crippen molar-refractivity contribution in [1.82, 2.24) is 9.78 Å². The normalized spacial score (nSPS) is 10.2. The molecule has 0 bridgehead atoms. The Balaban J connectivity index is 1.81. The zero-order valence-corrected chi connectivity index (χ0v) is 11.6. The van der Waals surface area contributed by atoms with E-state index in [2.05, 4.69) is 5.10 Å². The van der Waals surface area contributed by atoms with Crippen molar-refractivity contribution in [3.8, 4) is 0 Å². The number of ether oxygens (including phenoxy) is 1. The van der Waals surface area contributed by atoms with Gasteiger partial charge in [-0.25, -0.2) is 14.3 Å². The van der Waals surface area contributed by atoms with Gasteiger partial charge < -0.3 is 4.74 Å². The number of rotatable bonds is 4. The molecule has 3 aromatic rings. The van der Waals surface area contributed by atoms with Crippen LogP contribution in [0.15, 0.2) is 54.7 Å². The van der Waals surface area contributed by atoms with E-state index in [1.807, 2.05) is 30.3 Å². The minimum Gasteiger partial charge on any atom is -0.457 e. The average Bonchev–Trinajstić information content (AvgIpc) is 2.96. The SMILES string of the molecule is O=C=Cn1ncc2ccc(C(=O)OCc3ccccc3)cc21. The van der Waals surface area contributed by atoms with Crippen molar-refractivity contribution in [3.63, 3.8) is 0 Å². The highest BCUT2D eigenvalue weighted by molar-refractivity contribution is 5.95. The fourth-order valence-corrected chi connectivity index (χ4v) is 2.12. The molecule has 0 fully saturated rings. The van der Waals surface area contributed by atoms with E-state index in [0.717, 1.165) is 10.9 Å². The zero-order valence-electron chi connectivity index (χ0n) is 11.6. The van der Waals surface area contributed by atoms with E-state index in [-0.39, 0.29) is 6.61 Å². The fraction of sp³-hybridized carbons (Fsp3) is 0.0588. The van der Waals surface area contributed by atoms with Gasteiger partial charge in [0.2, 0.25) is 0 Å². The van der Waals surface area contributed by atoms with E-state index < -0.39 is 5.97 Å². The first-order chi connectivity index (χ1) is 10.8. The number of carbonyl (C=O) groups excluding carboxylic acids is 2. The molecule has 0 aliphatic rings. The van der Waals surface area contributed by atoms with Crippen molar-refractivity contribution in [2.75, 3.05) is 0 Å². The van der Waals surface area contributed by atoms with Crippen LogP contribution in [0.5, 0.6) is 0 Å². The lowest BCUT2D eigenvalue weighted by Crippen LogP contribution is -2.05. The van der Waals surface area contributed by atoms with Gasteiger partial charge in [-0.3, -0.25) is 0 Å². The molecular weight excluding hydrogens is 280 g/mol. The summed E-state index contributed by atoms with van der Waals surface area (Å²) >= 11 is 0. The van der Waals surface area contributed by atoms with Gasteiger partial charge in [0.1, 0.15) is 18.7 Å². The van der Waals surface area contributed by atoms with Crippen LogP contribution in [0.25, 0.3) is 17.1 Å². The average molecular weight is 292 g/mol. The maximum absolute atomic E-state index is 12.1. The molecule has 1 aromatic heterocycles. The summed E-state index contributed by atoms with van der Waals surface area (Å²) in [6.45, 7) is 0.214. The molecule has 3 rings (SSSR count). The first-order valence-corrected chi connectivity index (χ1v) is 6.67. The second-order valence-corrected chi connectivity index (χ2v) is 4.67. The molecule has 0 aliphatic carbocycles. The number of esters is 1. The van der Waals surface area contributed by atoms with E-state index in [9.17, 15) is 9.59 Å². The summed E-state index contributed by atoms with van der Waals surface area (Å²) in [5.74, 6) is 1.24. The number of nitrogens with zero attached hydrogens (tertiary/aromatic N) is 2. The topological polar surface area (TPSA) is 61.2 Å². The van der Waals surface area contributed by atoms with Crippen molar-refractivity contribution >= 4 is 29.0 Å². The van der Waals surface area contributed by atoms with Crippen LogP contribution >= 0.6 is 0 Å². The number of hydrogen-bond acceptors (Lipinski definition) is 4. The van der Waals surface area contributed by atoms with Crippen LogP contribution in [-0.4, -0.2) is 21.7 Å². The molecule has 1 heterocycles. The lowest BCUT2D eigenvalue weighted by atomic mass is 10.1. The van der Waals surface area contributed by atoms with Gasteiger partial charge in [0.25, 0.3) is 0 Å². The Bertz CT molecular complexity index is 862. The van der Waals surface area contributed by atoms with Crippen molar-refractivity contribution in [3.05, 3.63) is 65.9 Å². The molecular formula is C17H12N2O3. The summed E-state index contributed by atoms with van der Waals surface area (Å²) < 4.78 is 6.65. The largest absolute Gasteiger partial charge is 0.457 e. The van der Waals surface area contributed by atoms with E-state index in [4.69, 9.17) is 4.74 Å². The summed E-state index contributed by atoms with van der Waals surface area (Å²) in [6, 6.07) is 14.5. The lowest BCUT2D eigenvalue weighted by molar-refractivity contribution is 0.0473. The highest BCUT2D eigenvalue weighted by Gasteiger charge is 2.10. The third-order valence-corrected chi connectivity index (χ3v) is 3.22. The summed E-state index contributed by atoms with van der Waals surface area (Å²) in [5, 5.41) is 4.85. The zero-order chi connectivity index (χ0) is 15.4. The van der Waals surface area contributed by atoms with Crippen LogP contribution in [-0.2, 0) is 16.1 Å². The summed E-state index contributed by atoms with van der Waals surface area (Å²) in [7, 11) is 0. The van der Waals surface area contributed by atoms with Crippen molar-refractivity contribution in [2.24, 2.45) is 0 Å². The standard InChI is InChI=1S/C17H12N2O3/c20-9-8-19-16-10-14(6-7-15(16)11-18-19)17(21)22-12-13-4-2-1-3-5-13/h1-8,10-11H,12H2. The van der Waals surface area contributed by atoms with Gasteiger partial charge in [0.05, 0.1) is 17.3 Å². The Morgan fingerprint density at radius 2 is 2.05 bits per heavy atom. The Hall–Kier alpha value is -3.17. The maximum atomic E-state index is 12.1. The first-order valence-electron chi connectivity index (χ1n) is 6.67. The van der Waals surface area contributed by atoms with E-state index in [1.54, 1.807) is 30.3 Å². The molecule has 5 nitrogen and oxygen atoms in total. The molecule has 22 heavy (non-hydrogen) atoms. The van der Waals surface area contributed by atoms with E-state index >= 15 is 0 Å². The lowest BCUT2D eigenvalue weighted by Gasteiger charge is -2.05. The maximum Gasteiger partial charge on any atom is 0.338 e. The highest BCUT2D eigenvalue weighted by atomic mass is 16.5. The van der Waals surface area contributed by atoms with E-state index in [1.165, 1.54) is 10.9 Å². The Labute approximate surface area is 126 Å². The molecule has 5 heteroatoms. The molecule has 0 amide bonds. The number of carbonyl (C=O) groups is 1. The predicted octanol–water partition coefficient (Wildman–Crippen LogP) is 2.70. The van der Waals surface area contributed by atoms with Gasteiger partial charge in [0.15, 0.2) is 0 Å². The molecule has 108 valence electrons. The van der Waals surface area contributed by atoms with E-state index in [0.29, 0.717) is 11.1 Å². The third-order valence-electron chi connectivity index (χ3n) is 3.22. The molecule has 0 N–H and O–H groups in total. The number of benzene rings is 2. The van der Waals surface area contributed by atoms with Crippen LogP contribution in [0.4, 0.5) is 0 Å². The monoisotopic (exact) mass is 292 g/mol. The summed E-state index contributed by atoms with van der Waals surface area (Å²) in [4.78, 5) is 22.6. The Morgan fingerprint density at radius 1 is 1.23 bits per heavy atom. The molecule has 0 aliphatic heterocycles. The van der Waals surface area contributed by atoms with Crippen molar-refractivity contribution in [1.29, 1.82) is 0 Å². The number of fused-ring (bicyclic) bond motifs is 1. The minimum atomic E-state index is -0.423. The number of aromatic nitrogens is 2. The van der Waals surface area contributed by atoms with Crippen LogP contribution < -0.4 is 0 Å². The number of hydrogen-bond donors (Lipinski definition) is 0. The molecule has 0 unspecified atom stereocenters. The van der Waals surface area contributed by atoms with Crippen molar-refractivity contribution in [2.45, 2.75) is 6.61 Å². The van der Waals surface area contributed by atoms with Crippen LogP contribution in [0, 0.1) is 0 Å². The smallest absolute Gasteiger partial charge is 0.338 e. The van der Waals surface area contributed by atoms with Gasteiger partial charge in [-0.1, -0.05) is 36.4 Å². The van der Waals surface area contributed by atoms with Crippen molar-refractivity contribution < 1.29 is 14.3 Å². The van der Waals surface area contributed by atoms with Gasteiger partial charge >= 0.3 is 5.97 Å². The minimum absolute atomic E-state index is 0.214. The van der Waals surface area contributed by atoms with Gasteiger partial charge in [-0.05, 0) is 17.7 Å². The fourth-order valence-electron chi connectivity index (χ4n) is 2.12. The molecule has 0 saturated carbocycles. The third kappa shape index (κ3) is 2.80. The highest BCUT2D eigenvalue weighted by Crippen LogP contribution is 2.17. The van der Waals surface area contributed by atoms with Gasteiger partial charge in [-0.15, -0.1) is 0 Å². The first kappa shape index (κ1) is 13.8. The van der Waals surface area contributed by atoms with Gasteiger partial charge in [0, 0.05) is 5.39 Å². The second kappa shape index (κ2) is 6.08. The molecule has 0 spiro atoms. The van der Waals surface area contributed by atoms with Gasteiger partial charge in [-0.2, -0.15) is 5.10 Å². The molecule has 0 atom stereocenters. The molecule has 0 saturated heterocycles. The van der Waals surface area contributed by atoms with Crippen LogP contribution in [0.3, 0.4) is 0 Å². The molecule has 2 aromatic carbocycles. The summed E-state index contributed by atoms with van der Waals surface area (Å²) in [5.41, 5.74) is 1.98. The Kier molecular flexibility index (Phi) is 3.81. The second-order valence-electron chi connectivity index (χ2n) is 4.67. The Morgan fingerprint density at radius 3 is 2.82 bits per heavy atom.